The normalized spacial score (nSPS) is 15.1. The quantitative estimate of drug-likeness (QED) is 0.282. The number of hydrogen-bond acceptors (Lipinski definition) is 4. The van der Waals surface area contributed by atoms with Gasteiger partial charge >= 0.3 is 0 Å². The number of aryl methyl sites for hydroxylation is 1. The highest BCUT2D eigenvalue weighted by Gasteiger charge is 2.29. The summed E-state index contributed by atoms with van der Waals surface area (Å²) in [6.45, 7) is 1.46. The van der Waals surface area contributed by atoms with Crippen molar-refractivity contribution in [1.82, 2.24) is 14.7 Å². The first-order valence-electron chi connectivity index (χ1n) is 12.1. The van der Waals surface area contributed by atoms with Crippen molar-refractivity contribution in [3.8, 4) is 22.9 Å². The first-order chi connectivity index (χ1) is 17.6. The fourth-order valence-electron chi connectivity index (χ4n) is 4.50. The van der Waals surface area contributed by atoms with Crippen LogP contribution in [0.2, 0.25) is 5.02 Å². The van der Waals surface area contributed by atoms with Gasteiger partial charge in [0.1, 0.15) is 11.4 Å². The average Bonchev–Trinajstić information content (AvgIpc) is 3.53. The van der Waals surface area contributed by atoms with Gasteiger partial charge in [-0.2, -0.15) is 5.10 Å². The van der Waals surface area contributed by atoms with Crippen LogP contribution in [0.3, 0.4) is 0 Å². The molecule has 1 amide bonds. The number of carbonyl (C=O) groups excluding carboxylic acids is 1. The maximum Gasteiger partial charge on any atom is 0.255 e. The molecule has 0 saturated carbocycles. The predicted molar refractivity (Wildman–Crippen MR) is 140 cm³/mol. The molecule has 0 spiro atoms. The Morgan fingerprint density at radius 2 is 1.75 bits per heavy atom. The Balaban J connectivity index is 1.57. The molecule has 4 aromatic rings. The number of benzene rings is 3. The molecular weight excluding hydrogens is 474 g/mol. The van der Waals surface area contributed by atoms with Crippen molar-refractivity contribution in [3.63, 3.8) is 0 Å². The second-order valence-corrected chi connectivity index (χ2v) is 9.24. The van der Waals surface area contributed by atoms with E-state index in [-0.39, 0.29) is 12.0 Å². The zero-order valence-electron chi connectivity index (χ0n) is 20.1. The Labute approximate surface area is 216 Å². The molecule has 6 nitrogen and oxygen atoms in total. The van der Waals surface area contributed by atoms with Crippen LogP contribution in [0.5, 0.6) is 11.6 Å². The molecule has 5 rings (SSSR count). The topological polar surface area (TPSA) is 56.6 Å². The van der Waals surface area contributed by atoms with Crippen molar-refractivity contribution >= 4 is 17.5 Å². The van der Waals surface area contributed by atoms with Crippen LogP contribution in [-0.2, 0) is 18.3 Å². The van der Waals surface area contributed by atoms with E-state index < -0.39 is 0 Å². The van der Waals surface area contributed by atoms with Crippen molar-refractivity contribution < 1.29 is 14.3 Å². The van der Waals surface area contributed by atoms with Gasteiger partial charge < -0.3 is 14.4 Å². The van der Waals surface area contributed by atoms with Gasteiger partial charge in [0.05, 0.1) is 28.8 Å². The Morgan fingerprint density at radius 1 is 1.06 bits per heavy atom. The van der Waals surface area contributed by atoms with Crippen molar-refractivity contribution in [2.45, 2.75) is 25.5 Å². The number of ether oxygens (including phenoxy) is 2. The number of rotatable bonds is 8. The molecule has 36 heavy (non-hydrogen) atoms. The van der Waals surface area contributed by atoms with Crippen LogP contribution >= 0.6 is 11.6 Å². The van der Waals surface area contributed by atoms with E-state index in [0.717, 1.165) is 29.7 Å². The van der Waals surface area contributed by atoms with Crippen LogP contribution in [0.25, 0.3) is 11.3 Å². The van der Waals surface area contributed by atoms with Gasteiger partial charge in [0.25, 0.3) is 5.91 Å². The van der Waals surface area contributed by atoms with Gasteiger partial charge in [0.15, 0.2) is 0 Å². The zero-order valence-corrected chi connectivity index (χ0v) is 20.9. The number of carbonyl (C=O) groups is 1. The van der Waals surface area contributed by atoms with Crippen LogP contribution in [0.15, 0.2) is 84.9 Å². The molecule has 0 bridgehead atoms. The molecular formula is C29H28ClN3O3. The van der Waals surface area contributed by atoms with E-state index in [1.807, 2.05) is 79.8 Å². The molecule has 0 aliphatic carbocycles. The number of hydrogen-bond donors (Lipinski definition) is 0. The fraction of sp³-hybridized carbons (Fsp3) is 0.241. The molecule has 2 heterocycles. The largest absolute Gasteiger partial charge is 0.439 e. The molecule has 1 saturated heterocycles. The number of halogens is 1. The van der Waals surface area contributed by atoms with E-state index in [4.69, 9.17) is 26.2 Å². The van der Waals surface area contributed by atoms with Crippen LogP contribution in [0, 0.1) is 0 Å². The van der Waals surface area contributed by atoms with Crippen molar-refractivity contribution in [2.24, 2.45) is 7.05 Å². The average molecular weight is 502 g/mol. The molecule has 3 aromatic carbocycles. The first kappa shape index (κ1) is 24.1. The number of amides is 1. The highest BCUT2D eigenvalue weighted by atomic mass is 35.5. The molecule has 0 N–H and O–H groups in total. The van der Waals surface area contributed by atoms with Crippen LogP contribution in [0.4, 0.5) is 0 Å². The van der Waals surface area contributed by atoms with E-state index in [9.17, 15) is 4.79 Å². The lowest BCUT2D eigenvalue weighted by Gasteiger charge is -2.26. The summed E-state index contributed by atoms with van der Waals surface area (Å²) >= 11 is 6.43. The van der Waals surface area contributed by atoms with Crippen LogP contribution < -0.4 is 4.74 Å². The molecule has 1 aromatic heterocycles. The summed E-state index contributed by atoms with van der Waals surface area (Å²) in [5.41, 5.74) is 3.01. The second kappa shape index (κ2) is 11.0. The zero-order chi connectivity index (χ0) is 24.9. The lowest BCUT2D eigenvalue weighted by molar-refractivity contribution is 0.0506. The third-order valence-corrected chi connectivity index (χ3v) is 6.61. The third kappa shape index (κ3) is 5.30. The molecule has 1 atom stereocenters. The Morgan fingerprint density at radius 3 is 2.44 bits per heavy atom. The summed E-state index contributed by atoms with van der Waals surface area (Å²) in [5.74, 6) is 1.14. The minimum atomic E-state index is -0.148. The van der Waals surface area contributed by atoms with Gasteiger partial charge in [-0.25, -0.2) is 4.68 Å². The number of aromatic nitrogens is 2. The highest BCUT2D eigenvalue weighted by molar-refractivity contribution is 6.33. The van der Waals surface area contributed by atoms with E-state index in [1.54, 1.807) is 21.7 Å². The van der Waals surface area contributed by atoms with Crippen molar-refractivity contribution in [1.29, 1.82) is 0 Å². The summed E-state index contributed by atoms with van der Waals surface area (Å²) in [6, 6.07) is 26.7. The van der Waals surface area contributed by atoms with Crippen LogP contribution in [0.1, 0.15) is 28.8 Å². The van der Waals surface area contributed by atoms with Gasteiger partial charge in [-0.3, -0.25) is 4.79 Å². The molecule has 1 unspecified atom stereocenters. The summed E-state index contributed by atoms with van der Waals surface area (Å²) in [5, 5.41) is 5.23. The lowest BCUT2D eigenvalue weighted by Crippen LogP contribution is -2.37. The summed E-state index contributed by atoms with van der Waals surface area (Å²) in [7, 11) is 1.86. The molecule has 1 fully saturated rings. The highest BCUT2D eigenvalue weighted by Crippen LogP contribution is 2.35. The Kier molecular flexibility index (Phi) is 7.35. The number of para-hydroxylation sites is 1. The lowest BCUT2D eigenvalue weighted by atomic mass is 10.1. The van der Waals surface area contributed by atoms with Gasteiger partial charge in [0, 0.05) is 25.8 Å². The second-order valence-electron chi connectivity index (χ2n) is 8.84. The van der Waals surface area contributed by atoms with Gasteiger partial charge in [-0.05, 0) is 37.1 Å². The first-order valence-corrected chi connectivity index (χ1v) is 12.5. The summed E-state index contributed by atoms with van der Waals surface area (Å²) < 4.78 is 14.0. The van der Waals surface area contributed by atoms with E-state index in [1.165, 1.54) is 0 Å². The Bertz CT molecular complexity index is 1320. The van der Waals surface area contributed by atoms with Crippen molar-refractivity contribution in [2.75, 3.05) is 13.2 Å². The summed E-state index contributed by atoms with van der Waals surface area (Å²) in [4.78, 5) is 15.6. The van der Waals surface area contributed by atoms with E-state index >= 15 is 0 Å². The van der Waals surface area contributed by atoms with Gasteiger partial charge in [-0.1, -0.05) is 72.3 Å². The number of nitrogens with zero attached hydrogens (tertiary/aromatic N) is 3. The molecule has 0 radical (unpaired) electrons. The van der Waals surface area contributed by atoms with Gasteiger partial charge in [0.2, 0.25) is 5.88 Å². The maximum atomic E-state index is 13.8. The minimum absolute atomic E-state index is 0.0215. The smallest absolute Gasteiger partial charge is 0.255 e. The molecule has 7 heteroatoms. The molecule has 1 aliphatic heterocycles. The molecule has 184 valence electrons. The maximum absolute atomic E-state index is 13.8. The van der Waals surface area contributed by atoms with Crippen LogP contribution in [-0.4, -0.2) is 39.8 Å². The monoisotopic (exact) mass is 501 g/mol. The standard InChI is InChI=1S/C29H28ClN3O3/c1-32-29(36-22-13-6-3-7-14-22)25(27(31-32)21-11-4-2-5-12-21)20-33(19-23-15-10-18-35-23)28(34)24-16-8-9-17-26(24)30/h2-9,11-14,16-17,23H,10,15,18-20H2,1H3. The van der Waals surface area contributed by atoms with E-state index in [2.05, 4.69) is 0 Å². The SMILES string of the molecule is Cn1nc(-c2ccccc2)c(CN(CC2CCCO2)C(=O)c2ccccc2Cl)c1Oc1ccccc1. The Hall–Kier alpha value is -3.61. The summed E-state index contributed by atoms with van der Waals surface area (Å²) in [6.07, 6.45) is 1.88. The van der Waals surface area contributed by atoms with Gasteiger partial charge in [-0.15, -0.1) is 0 Å². The van der Waals surface area contributed by atoms with E-state index in [0.29, 0.717) is 41.9 Å². The molecule has 1 aliphatic rings. The minimum Gasteiger partial charge on any atom is -0.439 e. The van der Waals surface area contributed by atoms with Crippen molar-refractivity contribution in [3.05, 3.63) is 101 Å². The third-order valence-electron chi connectivity index (χ3n) is 6.28. The fourth-order valence-corrected chi connectivity index (χ4v) is 4.72. The predicted octanol–water partition coefficient (Wildman–Crippen LogP) is 6.35.